The molecule has 0 atom stereocenters. The first-order valence-electron chi connectivity index (χ1n) is 6.24. The molecule has 0 aliphatic heterocycles. The highest BCUT2D eigenvalue weighted by atomic mass is 32.2. The van der Waals surface area contributed by atoms with Crippen molar-refractivity contribution < 1.29 is 4.74 Å². The third-order valence-electron chi connectivity index (χ3n) is 2.44. The van der Waals surface area contributed by atoms with Crippen LogP contribution >= 0.6 is 11.8 Å². The van der Waals surface area contributed by atoms with E-state index in [1.807, 2.05) is 11.8 Å². The maximum absolute atomic E-state index is 5.76. The number of ether oxygens (including phenoxy) is 1. The molecule has 96 valence electrons. The van der Waals surface area contributed by atoms with Gasteiger partial charge in [0.15, 0.2) is 0 Å². The lowest BCUT2D eigenvalue weighted by atomic mass is 10.2. The number of anilines is 1. The van der Waals surface area contributed by atoms with Gasteiger partial charge in [-0.15, -0.1) is 0 Å². The van der Waals surface area contributed by atoms with E-state index in [9.17, 15) is 0 Å². The molecule has 0 radical (unpaired) electrons. The molecule has 0 aromatic heterocycles. The molecule has 0 unspecified atom stereocenters. The van der Waals surface area contributed by atoms with Gasteiger partial charge in [0.1, 0.15) is 5.75 Å². The fourth-order valence-corrected chi connectivity index (χ4v) is 1.98. The first-order chi connectivity index (χ1) is 8.27. The Bertz CT molecular complexity index is 328. The Hall–Kier alpha value is -0.830. The minimum Gasteiger partial charge on any atom is -0.491 e. The Kier molecular flexibility index (Phi) is 6.94. The van der Waals surface area contributed by atoms with Gasteiger partial charge >= 0.3 is 0 Å². The van der Waals surface area contributed by atoms with Crippen LogP contribution in [0.4, 0.5) is 5.69 Å². The zero-order chi connectivity index (χ0) is 12.5. The average molecular weight is 253 g/mol. The highest BCUT2D eigenvalue weighted by Gasteiger charge is 2.03. The molecule has 0 bridgehead atoms. The molecule has 3 heteroatoms. The molecular formula is C14H23NOS. The van der Waals surface area contributed by atoms with Crippen LogP contribution in [0.2, 0.25) is 0 Å². The SMILES string of the molecule is CCCOc1cc(C)ccc1NCCCSC. The van der Waals surface area contributed by atoms with Crippen LogP contribution in [0.1, 0.15) is 25.3 Å². The lowest BCUT2D eigenvalue weighted by Crippen LogP contribution is -2.05. The van der Waals surface area contributed by atoms with Gasteiger partial charge in [0.05, 0.1) is 12.3 Å². The Morgan fingerprint density at radius 3 is 2.88 bits per heavy atom. The molecular weight excluding hydrogens is 230 g/mol. The molecule has 0 heterocycles. The van der Waals surface area contributed by atoms with Crippen LogP contribution in [0.3, 0.4) is 0 Å². The Balaban J connectivity index is 2.55. The topological polar surface area (TPSA) is 21.3 Å². The molecule has 17 heavy (non-hydrogen) atoms. The van der Waals surface area contributed by atoms with E-state index in [1.165, 1.54) is 17.7 Å². The van der Waals surface area contributed by atoms with E-state index in [1.54, 1.807) is 0 Å². The van der Waals surface area contributed by atoms with E-state index >= 15 is 0 Å². The summed E-state index contributed by atoms with van der Waals surface area (Å²) in [6, 6.07) is 6.34. The molecule has 0 saturated heterocycles. The fourth-order valence-electron chi connectivity index (χ4n) is 1.55. The highest BCUT2D eigenvalue weighted by Crippen LogP contribution is 2.25. The number of nitrogens with one attached hydrogen (secondary N) is 1. The lowest BCUT2D eigenvalue weighted by Gasteiger charge is -2.13. The standard InChI is InChI=1S/C14H23NOS/c1-4-9-16-14-11-12(2)6-7-13(14)15-8-5-10-17-3/h6-7,11,15H,4-5,8-10H2,1-3H3. The first kappa shape index (κ1) is 14.2. The number of aryl methyl sites for hydroxylation is 1. The van der Waals surface area contributed by atoms with E-state index in [4.69, 9.17) is 4.74 Å². The zero-order valence-corrected chi connectivity index (χ0v) is 11.9. The van der Waals surface area contributed by atoms with Gasteiger partial charge in [-0.25, -0.2) is 0 Å². The van der Waals surface area contributed by atoms with Crippen LogP contribution in [0.15, 0.2) is 18.2 Å². The number of benzene rings is 1. The minimum absolute atomic E-state index is 0.781. The monoisotopic (exact) mass is 253 g/mol. The van der Waals surface area contributed by atoms with Crippen LogP contribution in [0.5, 0.6) is 5.75 Å². The van der Waals surface area contributed by atoms with Gasteiger partial charge < -0.3 is 10.1 Å². The molecule has 0 saturated carbocycles. The van der Waals surface area contributed by atoms with Crippen molar-refractivity contribution in [3.8, 4) is 5.75 Å². The van der Waals surface area contributed by atoms with Crippen LogP contribution in [0.25, 0.3) is 0 Å². The summed E-state index contributed by atoms with van der Waals surface area (Å²) in [6.45, 7) is 6.01. The maximum atomic E-state index is 5.76. The van der Waals surface area contributed by atoms with Crippen molar-refractivity contribution in [3.05, 3.63) is 23.8 Å². The van der Waals surface area contributed by atoms with Gasteiger partial charge in [0.2, 0.25) is 0 Å². The largest absolute Gasteiger partial charge is 0.491 e. The second kappa shape index (κ2) is 8.29. The van der Waals surface area contributed by atoms with E-state index < -0.39 is 0 Å². The summed E-state index contributed by atoms with van der Waals surface area (Å²) in [7, 11) is 0. The molecule has 0 fully saturated rings. The Morgan fingerprint density at radius 2 is 2.18 bits per heavy atom. The summed E-state index contributed by atoms with van der Waals surface area (Å²) in [5.74, 6) is 2.18. The summed E-state index contributed by atoms with van der Waals surface area (Å²) in [4.78, 5) is 0. The molecule has 1 aromatic rings. The second-order valence-corrected chi connectivity index (χ2v) is 5.11. The Morgan fingerprint density at radius 1 is 1.35 bits per heavy atom. The summed E-state index contributed by atoms with van der Waals surface area (Å²) in [5.41, 5.74) is 2.36. The van der Waals surface area contributed by atoms with Gasteiger partial charge in [0, 0.05) is 6.54 Å². The predicted molar refractivity (Wildman–Crippen MR) is 78.5 cm³/mol. The fraction of sp³-hybridized carbons (Fsp3) is 0.571. The van der Waals surface area contributed by atoms with Crippen LogP contribution < -0.4 is 10.1 Å². The molecule has 0 spiro atoms. The molecule has 0 amide bonds. The molecule has 0 aliphatic rings. The van der Waals surface area contributed by atoms with Crippen molar-refractivity contribution in [2.75, 3.05) is 30.5 Å². The van der Waals surface area contributed by atoms with Gasteiger partial charge in [-0.05, 0) is 49.5 Å². The van der Waals surface area contributed by atoms with Gasteiger partial charge in [0.25, 0.3) is 0 Å². The zero-order valence-electron chi connectivity index (χ0n) is 11.1. The van der Waals surface area contributed by atoms with E-state index in [2.05, 4.69) is 43.6 Å². The molecule has 1 aromatic carbocycles. The Labute approximate surface area is 109 Å². The predicted octanol–water partition coefficient (Wildman–Crippen LogP) is 3.95. The number of hydrogen-bond donors (Lipinski definition) is 1. The van der Waals surface area contributed by atoms with Crippen molar-refractivity contribution in [3.63, 3.8) is 0 Å². The maximum Gasteiger partial charge on any atom is 0.142 e. The molecule has 2 nitrogen and oxygen atoms in total. The van der Waals surface area contributed by atoms with Gasteiger partial charge in [-0.3, -0.25) is 0 Å². The van der Waals surface area contributed by atoms with Gasteiger partial charge in [-0.1, -0.05) is 13.0 Å². The van der Waals surface area contributed by atoms with Crippen LogP contribution in [-0.2, 0) is 0 Å². The number of hydrogen-bond acceptors (Lipinski definition) is 3. The normalized spacial score (nSPS) is 10.3. The summed E-state index contributed by atoms with van der Waals surface area (Å²) in [5, 5.41) is 3.45. The first-order valence-corrected chi connectivity index (χ1v) is 7.63. The highest BCUT2D eigenvalue weighted by molar-refractivity contribution is 7.98. The van der Waals surface area contributed by atoms with Crippen molar-refractivity contribution in [1.82, 2.24) is 0 Å². The van der Waals surface area contributed by atoms with Crippen LogP contribution in [-0.4, -0.2) is 25.2 Å². The smallest absolute Gasteiger partial charge is 0.142 e. The quantitative estimate of drug-likeness (QED) is 0.709. The molecule has 1 N–H and O–H groups in total. The van der Waals surface area contributed by atoms with E-state index in [-0.39, 0.29) is 0 Å². The third kappa shape index (κ3) is 5.35. The van der Waals surface area contributed by atoms with Gasteiger partial charge in [-0.2, -0.15) is 11.8 Å². The number of rotatable bonds is 8. The number of thioether (sulfide) groups is 1. The van der Waals surface area contributed by atoms with Crippen molar-refractivity contribution in [2.24, 2.45) is 0 Å². The minimum atomic E-state index is 0.781. The van der Waals surface area contributed by atoms with Crippen molar-refractivity contribution in [2.45, 2.75) is 26.7 Å². The van der Waals surface area contributed by atoms with Crippen molar-refractivity contribution >= 4 is 17.4 Å². The second-order valence-electron chi connectivity index (χ2n) is 4.12. The lowest BCUT2D eigenvalue weighted by molar-refractivity contribution is 0.318. The summed E-state index contributed by atoms with van der Waals surface area (Å²) in [6.07, 6.45) is 4.36. The average Bonchev–Trinajstić information content (AvgIpc) is 2.34. The van der Waals surface area contributed by atoms with Crippen molar-refractivity contribution in [1.29, 1.82) is 0 Å². The molecule has 0 aliphatic carbocycles. The van der Waals surface area contributed by atoms with E-state index in [0.29, 0.717) is 0 Å². The summed E-state index contributed by atoms with van der Waals surface area (Å²) >= 11 is 1.89. The summed E-state index contributed by atoms with van der Waals surface area (Å²) < 4.78 is 5.76. The van der Waals surface area contributed by atoms with E-state index in [0.717, 1.165) is 31.0 Å². The third-order valence-corrected chi connectivity index (χ3v) is 3.14. The molecule has 1 rings (SSSR count). The van der Waals surface area contributed by atoms with Crippen LogP contribution in [0, 0.1) is 6.92 Å².